The fourth-order valence-corrected chi connectivity index (χ4v) is 2.26. The summed E-state index contributed by atoms with van der Waals surface area (Å²) in [6.07, 6.45) is 1.34. The van der Waals surface area contributed by atoms with Crippen molar-refractivity contribution in [3.8, 4) is 10.6 Å². The average Bonchev–Trinajstić information content (AvgIpc) is 2.78. The van der Waals surface area contributed by atoms with Gasteiger partial charge in [0.1, 0.15) is 5.01 Å². The Labute approximate surface area is 110 Å². The molecule has 2 rings (SSSR count). The average molecular weight is 261 g/mol. The summed E-state index contributed by atoms with van der Waals surface area (Å²) < 4.78 is 0. The Morgan fingerprint density at radius 1 is 1.28 bits per heavy atom. The summed E-state index contributed by atoms with van der Waals surface area (Å²) in [6.45, 7) is 4.01. The van der Waals surface area contributed by atoms with E-state index in [1.165, 1.54) is 16.9 Å². The van der Waals surface area contributed by atoms with Crippen molar-refractivity contribution in [2.45, 2.75) is 26.7 Å². The van der Waals surface area contributed by atoms with Gasteiger partial charge in [-0.3, -0.25) is 4.79 Å². The van der Waals surface area contributed by atoms with Gasteiger partial charge in [0, 0.05) is 12.0 Å². The zero-order chi connectivity index (χ0) is 13.0. The summed E-state index contributed by atoms with van der Waals surface area (Å²) >= 11 is 1.39. The summed E-state index contributed by atoms with van der Waals surface area (Å²) in [5.74, 6) is -0.0101. The molecule has 5 heteroatoms. The number of anilines is 1. The number of carbonyl (C=O) groups excluding carboxylic acids is 1. The molecule has 0 spiro atoms. The number of hydrogen-bond acceptors (Lipinski definition) is 4. The highest BCUT2D eigenvalue weighted by atomic mass is 32.1. The van der Waals surface area contributed by atoms with Crippen molar-refractivity contribution in [1.82, 2.24) is 10.2 Å². The molecule has 1 amide bonds. The first-order valence-electron chi connectivity index (χ1n) is 5.89. The largest absolute Gasteiger partial charge is 0.301 e. The van der Waals surface area contributed by atoms with Gasteiger partial charge in [-0.1, -0.05) is 48.1 Å². The van der Waals surface area contributed by atoms with E-state index in [-0.39, 0.29) is 5.91 Å². The van der Waals surface area contributed by atoms with Gasteiger partial charge in [0.25, 0.3) is 0 Å². The zero-order valence-electron chi connectivity index (χ0n) is 10.4. The van der Waals surface area contributed by atoms with Crippen molar-refractivity contribution < 1.29 is 4.79 Å². The predicted molar refractivity (Wildman–Crippen MR) is 73.6 cm³/mol. The number of hydrogen-bond donors (Lipinski definition) is 1. The van der Waals surface area contributed by atoms with Crippen molar-refractivity contribution in [2.75, 3.05) is 5.32 Å². The van der Waals surface area contributed by atoms with E-state index < -0.39 is 0 Å². The molecule has 1 heterocycles. The molecule has 0 aliphatic heterocycles. The number of benzene rings is 1. The maximum Gasteiger partial charge on any atom is 0.226 e. The van der Waals surface area contributed by atoms with Crippen molar-refractivity contribution in [3.05, 3.63) is 29.8 Å². The Morgan fingerprint density at radius 2 is 2.00 bits per heavy atom. The topological polar surface area (TPSA) is 54.9 Å². The van der Waals surface area contributed by atoms with E-state index >= 15 is 0 Å². The van der Waals surface area contributed by atoms with Crippen LogP contribution in [0.25, 0.3) is 10.6 Å². The molecule has 1 aromatic carbocycles. The second kappa shape index (κ2) is 5.73. The van der Waals surface area contributed by atoms with E-state index in [1.54, 1.807) is 0 Å². The lowest BCUT2D eigenvalue weighted by Crippen LogP contribution is -2.10. The quantitative estimate of drug-likeness (QED) is 0.919. The zero-order valence-corrected chi connectivity index (χ0v) is 11.3. The van der Waals surface area contributed by atoms with Crippen LogP contribution in [0.5, 0.6) is 0 Å². The number of rotatable bonds is 4. The molecule has 0 aliphatic rings. The maximum absolute atomic E-state index is 11.4. The van der Waals surface area contributed by atoms with Gasteiger partial charge >= 0.3 is 0 Å². The van der Waals surface area contributed by atoms with Crippen molar-refractivity contribution in [2.24, 2.45) is 0 Å². The third-order valence-electron chi connectivity index (χ3n) is 2.45. The number of aryl methyl sites for hydroxylation is 1. The van der Waals surface area contributed by atoms with E-state index in [2.05, 4.69) is 15.5 Å². The SMILES string of the molecule is CCCC(=O)Nc1nnc(-c2ccc(C)cc2)s1. The van der Waals surface area contributed by atoms with Crippen molar-refractivity contribution in [3.63, 3.8) is 0 Å². The van der Waals surface area contributed by atoms with Crippen LogP contribution in [0.4, 0.5) is 5.13 Å². The second-order valence-electron chi connectivity index (χ2n) is 4.08. The lowest BCUT2D eigenvalue weighted by atomic mass is 10.2. The highest BCUT2D eigenvalue weighted by Gasteiger charge is 2.08. The van der Waals surface area contributed by atoms with E-state index in [4.69, 9.17) is 0 Å². The Morgan fingerprint density at radius 3 is 2.67 bits per heavy atom. The molecule has 18 heavy (non-hydrogen) atoms. The standard InChI is InChI=1S/C13H15N3OS/c1-3-4-11(17)14-13-16-15-12(18-13)10-7-5-9(2)6-8-10/h5-8H,3-4H2,1-2H3,(H,14,16,17). The Balaban J connectivity index is 2.10. The Kier molecular flexibility index (Phi) is 4.04. The monoisotopic (exact) mass is 261 g/mol. The molecule has 4 nitrogen and oxygen atoms in total. The van der Waals surface area contributed by atoms with E-state index in [0.29, 0.717) is 11.6 Å². The summed E-state index contributed by atoms with van der Waals surface area (Å²) in [5, 5.41) is 12.2. The van der Waals surface area contributed by atoms with Gasteiger partial charge in [0.15, 0.2) is 0 Å². The third-order valence-corrected chi connectivity index (χ3v) is 3.33. The van der Waals surface area contributed by atoms with Crippen LogP contribution in [0.1, 0.15) is 25.3 Å². The summed E-state index contributed by atoms with van der Waals surface area (Å²) in [6, 6.07) is 8.08. The molecular formula is C13H15N3OS. The number of nitrogens with zero attached hydrogens (tertiary/aromatic N) is 2. The molecular weight excluding hydrogens is 246 g/mol. The summed E-state index contributed by atoms with van der Waals surface area (Å²) in [5.41, 5.74) is 2.23. The van der Waals surface area contributed by atoms with Gasteiger partial charge in [-0.2, -0.15) is 0 Å². The molecule has 0 aliphatic carbocycles. The minimum atomic E-state index is -0.0101. The first-order valence-corrected chi connectivity index (χ1v) is 6.71. The van der Waals surface area contributed by atoms with Gasteiger partial charge < -0.3 is 5.32 Å². The van der Waals surface area contributed by atoms with Crippen LogP contribution in [0, 0.1) is 6.92 Å². The van der Waals surface area contributed by atoms with Crippen LogP contribution in [-0.4, -0.2) is 16.1 Å². The number of carbonyl (C=O) groups is 1. The molecule has 94 valence electrons. The molecule has 0 radical (unpaired) electrons. The third kappa shape index (κ3) is 3.13. The lowest BCUT2D eigenvalue weighted by Gasteiger charge is -1.97. The minimum absolute atomic E-state index is 0.0101. The number of amides is 1. The van der Waals surface area contributed by atoms with Gasteiger partial charge in [-0.05, 0) is 13.3 Å². The van der Waals surface area contributed by atoms with Gasteiger partial charge in [0.2, 0.25) is 11.0 Å². The first-order chi connectivity index (χ1) is 8.69. The normalized spacial score (nSPS) is 10.3. The Hall–Kier alpha value is -1.75. The molecule has 0 unspecified atom stereocenters. The first kappa shape index (κ1) is 12.7. The highest BCUT2D eigenvalue weighted by Crippen LogP contribution is 2.26. The van der Waals surface area contributed by atoms with Crippen LogP contribution in [0.15, 0.2) is 24.3 Å². The predicted octanol–water partition coefficient (Wildman–Crippen LogP) is 3.25. The smallest absolute Gasteiger partial charge is 0.226 e. The van der Waals surface area contributed by atoms with Crippen LogP contribution in [0.2, 0.25) is 0 Å². The van der Waals surface area contributed by atoms with E-state index in [9.17, 15) is 4.79 Å². The van der Waals surface area contributed by atoms with Gasteiger partial charge in [-0.25, -0.2) is 0 Å². The van der Waals surface area contributed by atoms with E-state index in [0.717, 1.165) is 17.0 Å². The minimum Gasteiger partial charge on any atom is -0.301 e. The number of nitrogens with one attached hydrogen (secondary N) is 1. The highest BCUT2D eigenvalue weighted by molar-refractivity contribution is 7.18. The molecule has 0 saturated heterocycles. The summed E-state index contributed by atoms with van der Waals surface area (Å²) in [7, 11) is 0. The number of aromatic nitrogens is 2. The van der Waals surface area contributed by atoms with Crippen LogP contribution >= 0.6 is 11.3 Å². The second-order valence-corrected chi connectivity index (χ2v) is 5.05. The fraction of sp³-hybridized carbons (Fsp3) is 0.308. The van der Waals surface area contributed by atoms with Gasteiger partial charge in [0.05, 0.1) is 0 Å². The van der Waals surface area contributed by atoms with Crippen molar-refractivity contribution >= 4 is 22.4 Å². The molecule has 2 aromatic rings. The van der Waals surface area contributed by atoms with Crippen molar-refractivity contribution in [1.29, 1.82) is 0 Å². The van der Waals surface area contributed by atoms with E-state index in [1.807, 2.05) is 38.1 Å². The molecule has 0 saturated carbocycles. The van der Waals surface area contributed by atoms with Crippen LogP contribution in [-0.2, 0) is 4.79 Å². The lowest BCUT2D eigenvalue weighted by molar-refractivity contribution is -0.116. The molecule has 0 atom stereocenters. The molecule has 1 aromatic heterocycles. The molecule has 0 bridgehead atoms. The Bertz CT molecular complexity index is 533. The van der Waals surface area contributed by atoms with Crippen LogP contribution < -0.4 is 5.32 Å². The molecule has 1 N–H and O–H groups in total. The molecule has 0 fully saturated rings. The maximum atomic E-state index is 11.4. The van der Waals surface area contributed by atoms with Gasteiger partial charge in [-0.15, -0.1) is 10.2 Å². The fourth-order valence-electron chi connectivity index (χ4n) is 1.50. The summed E-state index contributed by atoms with van der Waals surface area (Å²) in [4.78, 5) is 11.4. The van der Waals surface area contributed by atoms with Crippen LogP contribution in [0.3, 0.4) is 0 Å².